The number of carbonyl (C=O) groups excluding carboxylic acids is 2. The molecular formula is C23H32N2O3. The molecule has 28 heavy (non-hydrogen) atoms. The molecule has 1 N–H and O–H groups in total. The van der Waals surface area contributed by atoms with Gasteiger partial charge in [-0.1, -0.05) is 12.1 Å². The van der Waals surface area contributed by atoms with Crippen LogP contribution in [0.4, 0.5) is 0 Å². The van der Waals surface area contributed by atoms with Crippen LogP contribution in [0.5, 0.6) is 0 Å². The molecule has 0 unspecified atom stereocenters. The fourth-order valence-corrected chi connectivity index (χ4v) is 5.24. The maximum atomic E-state index is 13.0. The highest BCUT2D eigenvalue weighted by Gasteiger charge is 2.35. The van der Waals surface area contributed by atoms with Crippen molar-refractivity contribution in [1.29, 1.82) is 0 Å². The van der Waals surface area contributed by atoms with Crippen molar-refractivity contribution in [3.63, 3.8) is 0 Å². The van der Waals surface area contributed by atoms with Crippen molar-refractivity contribution in [2.75, 3.05) is 20.2 Å². The van der Waals surface area contributed by atoms with Gasteiger partial charge in [-0.25, -0.2) is 0 Å². The van der Waals surface area contributed by atoms with Gasteiger partial charge in [0, 0.05) is 24.6 Å². The van der Waals surface area contributed by atoms with Crippen LogP contribution < -0.4 is 5.32 Å². The Bertz CT molecular complexity index is 719. The Kier molecular flexibility index (Phi) is 6.00. The zero-order chi connectivity index (χ0) is 19.5. The van der Waals surface area contributed by atoms with Crippen molar-refractivity contribution in [2.45, 2.75) is 69.9 Å². The lowest BCUT2D eigenvalue weighted by atomic mass is 9.83. The first kappa shape index (κ1) is 19.4. The van der Waals surface area contributed by atoms with Crippen LogP contribution in [0.25, 0.3) is 0 Å². The number of methoxy groups -OCH3 is 1. The van der Waals surface area contributed by atoms with Crippen LogP contribution in [0.1, 0.15) is 78.8 Å². The Morgan fingerprint density at radius 1 is 1.14 bits per heavy atom. The Balaban J connectivity index is 1.35. The van der Waals surface area contributed by atoms with Crippen molar-refractivity contribution in [3.8, 4) is 0 Å². The minimum absolute atomic E-state index is 0.114. The molecule has 0 bridgehead atoms. The minimum atomic E-state index is -0.114. The van der Waals surface area contributed by atoms with Crippen molar-refractivity contribution >= 4 is 11.9 Å². The second-order valence-electron chi connectivity index (χ2n) is 8.66. The van der Waals surface area contributed by atoms with Crippen molar-refractivity contribution in [2.24, 2.45) is 5.92 Å². The molecule has 1 saturated carbocycles. The van der Waals surface area contributed by atoms with E-state index in [1.165, 1.54) is 31.1 Å². The molecule has 2 aliphatic heterocycles. The number of esters is 1. The van der Waals surface area contributed by atoms with E-state index in [1.807, 2.05) is 0 Å². The summed E-state index contributed by atoms with van der Waals surface area (Å²) >= 11 is 0. The molecule has 1 saturated heterocycles. The van der Waals surface area contributed by atoms with Gasteiger partial charge in [-0.05, 0) is 87.1 Å². The van der Waals surface area contributed by atoms with Gasteiger partial charge in [0.1, 0.15) is 0 Å². The number of nitrogens with one attached hydrogen (secondary N) is 1. The van der Waals surface area contributed by atoms with Crippen molar-refractivity contribution in [1.82, 2.24) is 10.2 Å². The number of ether oxygens (including phenoxy) is 1. The van der Waals surface area contributed by atoms with Crippen LogP contribution in [0.2, 0.25) is 0 Å². The first-order valence-corrected chi connectivity index (χ1v) is 10.9. The number of fused-ring (bicyclic) bond motifs is 1. The Labute approximate surface area is 167 Å². The highest BCUT2D eigenvalue weighted by atomic mass is 16.5. The highest BCUT2D eigenvalue weighted by Crippen LogP contribution is 2.36. The van der Waals surface area contributed by atoms with E-state index in [0.29, 0.717) is 24.3 Å². The van der Waals surface area contributed by atoms with Crippen LogP contribution in [-0.2, 0) is 16.1 Å². The van der Waals surface area contributed by atoms with Crippen molar-refractivity contribution < 1.29 is 14.3 Å². The molecule has 152 valence electrons. The Morgan fingerprint density at radius 2 is 1.89 bits per heavy atom. The molecule has 1 aromatic carbocycles. The monoisotopic (exact) mass is 384 g/mol. The average Bonchev–Trinajstić information content (AvgIpc) is 3.09. The number of hydrogen-bond donors (Lipinski definition) is 1. The van der Waals surface area contributed by atoms with E-state index in [1.54, 1.807) is 0 Å². The fraction of sp³-hybridized carbons (Fsp3) is 0.652. The lowest BCUT2D eigenvalue weighted by molar-refractivity contribution is -0.141. The molecule has 3 aliphatic rings. The number of piperidine rings is 1. The van der Waals surface area contributed by atoms with Crippen LogP contribution in [0.15, 0.2) is 18.2 Å². The number of nitrogens with zero attached hydrogens (tertiary/aromatic N) is 1. The number of amides is 1. The third kappa shape index (κ3) is 4.09. The maximum absolute atomic E-state index is 13.0. The summed E-state index contributed by atoms with van der Waals surface area (Å²) in [6, 6.07) is 6.89. The molecule has 0 radical (unpaired) electrons. The highest BCUT2D eigenvalue weighted by molar-refractivity contribution is 5.98. The topological polar surface area (TPSA) is 58.6 Å². The van der Waals surface area contributed by atoms with Gasteiger partial charge in [0.05, 0.1) is 7.11 Å². The lowest BCUT2D eigenvalue weighted by Gasteiger charge is -2.34. The van der Waals surface area contributed by atoms with Gasteiger partial charge in [-0.3, -0.25) is 9.59 Å². The maximum Gasteiger partial charge on any atom is 0.305 e. The molecule has 5 nitrogen and oxygen atoms in total. The van der Waals surface area contributed by atoms with E-state index in [2.05, 4.69) is 28.4 Å². The minimum Gasteiger partial charge on any atom is -0.469 e. The van der Waals surface area contributed by atoms with Crippen LogP contribution in [0, 0.1) is 5.92 Å². The number of rotatable bonds is 5. The second-order valence-corrected chi connectivity index (χ2v) is 8.66. The molecule has 5 heteroatoms. The standard InChI is InChI=1S/C23H32N2O3/c1-28-22(26)9-4-16-2-6-20(7-3-16)25-15-19-14-18(5-8-21(19)23(25)27)17-10-12-24-13-11-17/h5,8,14,16-17,20,24H,2-4,6-7,9-13,15H2,1H3. The summed E-state index contributed by atoms with van der Waals surface area (Å²) in [5, 5.41) is 3.43. The van der Waals surface area contributed by atoms with E-state index < -0.39 is 0 Å². The quantitative estimate of drug-likeness (QED) is 0.788. The van der Waals surface area contributed by atoms with E-state index in [4.69, 9.17) is 4.74 Å². The molecule has 1 aromatic rings. The number of carbonyl (C=O) groups is 2. The zero-order valence-corrected chi connectivity index (χ0v) is 16.9. The molecule has 0 spiro atoms. The SMILES string of the molecule is COC(=O)CCC1CCC(N2Cc3cc(C4CCNCC4)ccc3C2=O)CC1. The van der Waals surface area contributed by atoms with Gasteiger partial charge in [-0.15, -0.1) is 0 Å². The van der Waals surface area contributed by atoms with Crippen LogP contribution in [0.3, 0.4) is 0 Å². The molecule has 2 fully saturated rings. The number of hydrogen-bond acceptors (Lipinski definition) is 4. The molecule has 1 aliphatic carbocycles. The number of benzene rings is 1. The lowest BCUT2D eigenvalue weighted by Crippen LogP contribution is -2.38. The smallest absolute Gasteiger partial charge is 0.305 e. The van der Waals surface area contributed by atoms with Gasteiger partial charge in [0.25, 0.3) is 5.91 Å². The fourth-order valence-electron chi connectivity index (χ4n) is 5.24. The molecule has 0 atom stereocenters. The largest absolute Gasteiger partial charge is 0.469 e. The van der Waals surface area contributed by atoms with E-state index in [0.717, 1.165) is 57.3 Å². The summed E-state index contributed by atoms with van der Waals surface area (Å²) in [4.78, 5) is 26.4. The molecule has 4 rings (SSSR count). The molecule has 0 aromatic heterocycles. The summed E-state index contributed by atoms with van der Waals surface area (Å²) in [6.07, 6.45) is 8.09. The predicted molar refractivity (Wildman–Crippen MR) is 108 cm³/mol. The van der Waals surface area contributed by atoms with Gasteiger partial charge in [0.15, 0.2) is 0 Å². The van der Waals surface area contributed by atoms with Gasteiger partial charge in [0.2, 0.25) is 0 Å². The van der Waals surface area contributed by atoms with Gasteiger partial charge < -0.3 is 15.0 Å². The summed E-state index contributed by atoms with van der Waals surface area (Å²) in [5.74, 6) is 1.31. The Morgan fingerprint density at radius 3 is 2.61 bits per heavy atom. The summed E-state index contributed by atoms with van der Waals surface area (Å²) in [6.45, 7) is 2.95. The summed E-state index contributed by atoms with van der Waals surface area (Å²) < 4.78 is 4.75. The van der Waals surface area contributed by atoms with Gasteiger partial charge >= 0.3 is 5.97 Å². The predicted octanol–water partition coefficient (Wildman–Crippen LogP) is 3.62. The summed E-state index contributed by atoms with van der Waals surface area (Å²) in [7, 11) is 1.45. The molecule has 2 heterocycles. The Hall–Kier alpha value is -1.88. The van der Waals surface area contributed by atoms with Crippen LogP contribution >= 0.6 is 0 Å². The third-order valence-electron chi connectivity index (χ3n) is 7.01. The zero-order valence-electron chi connectivity index (χ0n) is 16.9. The van der Waals surface area contributed by atoms with E-state index in [9.17, 15) is 9.59 Å². The van der Waals surface area contributed by atoms with Gasteiger partial charge in [-0.2, -0.15) is 0 Å². The molecular weight excluding hydrogens is 352 g/mol. The third-order valence-corrected chi connectivity index (χ3v) is 7.01. The first-order valence-electron chi connectivity index (χ1n) is 10.9. The van der Waals surface area contributed by atoms with Crippen LogP contribution in [-0.4, -0.2) is 43.0 Å². The van der Waals surface area contributed by atoms with Crippen molar-refractivity contribution in [3.05, 3.63) is 34.9 Å². The first-order chi connectivity index (χ1) is 13.7. The summed E-state index contributed by atoms with van der Waals surface area (Å²) in [5.41, 5.74) is 3.53. The molecule has 1 amide bonds. The average molecular weight is 385 g/mol. The second kappa shape index (κ2) is 8.64. The van der Waals surface area contributed by atoms with E-state index >= 15 is 0 Å². The normalized spacial score (nSPS) is 25.6. The van der Waals surface area contributed by atoms with E-state index in [-0.39, 0.29) is 11.9 Å².